The third kappa shape index (κ3) is 3.42. The van der Waals surface area contributed by atoms with E-state index in [-0.39, 0.29) is 5.91 Å². The third-order valence-corrected chi connectivity index (χ3v) is 4.27. The molecule has 3 rings (SSSR count). The van der Waals surface area contributed by atoms with Gasteiger partial charge >= 0.3 is 0 Å². The van der Waals surface area contributed by atoms with Crippen molar-refractivity contribution in [1.29, 1.82) is 0 Å². The topological polar surface area (TPSA) is 29.1 Å². The van der Waals surface area contributed by atoms with Crippen molar-refractivity contribution in [1.82, 2.24) is 0 Å². The molecular weight excluding hydrogens is 373 g/mol. The molecule has 0 unspecified atom stereocenters. The van der Waals surface area contributed by atoms with Crippen LogP contribution in [0.5, 0.6) is 0 Å². The van der Waals surface area contributed by atoms with Crippen LogP contribution in [0.25, 0.3) is 10.8 Å². The Labute approximate surface area is 137 Å². The maximum atomic E-state index is 12.2. The molecule has 3 aromatic carbocycles. The van der Waals surface area contributed by atoms with Crippen LogP contribution in [-0.2, 0) is 11.2 Å². The molecule has 0 aromatic heterocycles. The maximum absolute atomic E-state index is 12.2. The Hall–Kier alpha value is -1.88. The molecule has 3 aromatic rings. The van der Waals surface area contributed by atoms with Gasteiger partial charge in [0, 0.05) is 3.57 Å². The molecule has 21 heavy (non-hydrogen) atoms. The summed E-state index contributed by atoms with van der Waals surface area (Å²) < 4.78 is 1.04. The van der Waals surface area contributed by atoms with Gasteiger partial charge in [0.25, 0.3) is 0 Å². The van der Waals surface area contributed by atoms with E-state index < -0.39 is 0 Å². The van der Waals surface area contributed by atoms with Crippen molar-refractivity contribution in [3.05, 3.63) is 75.9 Å². The number of hydrogen-bond donors (Lipinski definition) is 1. The highest BCUT2D eigenvalue weighted by Gasteiger charge is 2.06. The zero-order valence-corrected chi connectivity index (χ0v) is 13.5. The number of carbonyl (C=O) groups excluding carboxylic acids is 1. The van der Waals surface area contributed by atoms with Crippen molar-refractivity contribution < 1.29 is 4.79 Å². The number of amides is 1. The first-order valence-electron chi connectivity index (χ1n) is 6.74. The van der Waals surface area contributed by atoms with Crippen LogP contribution in [0.2, 0.25) is 0 Å². The number of carbonyl (C=O) groups is 1. The number of para-hydroxylation sites is 1. The van der Waals surface area contributed by atoms with E-state index >= 15 is 0 Å². The van der Waals surface area contributed by atoms with E-state index in [4.69, 9.17) is 0 Å². The van der Waals surface area contributed by atoms with E-state index in [2.05, 4.69) is 52.2 Å². The maximum Gasteiger partial charge on any atom is 0.228 e. The Morgan fingerprint density at radius 1 is 0.905 bits per heavy atom. The first-order valence-corrected chi connectivity index (χ1v) is 7.82. The van der Waals surface area contributed by atoms with E-state index in [0.717, 1.165) is 20.2 Å². The van der Waals surface area contributed by atoms with Crippen LogP contribution in [-0.4, -0.2) is 5.91 Å². The summed E-state index contributed by atoms with van der Waals surface area (Å²) in [5, 5.41) is 5.32. The highest BCUT2D eigenvalue weighted by Crippen LogP contribution is 2.19. The minimum absolute atomic E-state index is 0.00870. The van der Waals surface area contributed by atoms with Crippen LogP contribution < -0.4 is 5.32 Å². The average Bonchev–Trinajstić information content (AvgIpc) is 2.49. The van der Waals surface area contributed by atoms with Gasteiger partial charge in [0.1, 0.15) is 0 Å². The lowest BCUT2D eigenvalue weighted by Gasteiger charge is -2.08. The lowest BCUT2D eigenvalue weighted by atomic mass is 10.0. The van der Waals surface area contributed by atoms with Gasteiger partial charge in [-0.1, -0.05) is 54.6 Å². The van der Waals surface area contributed by atoms with Gasteiger partial charge < -0.3 is 5.32 Å². The molecule has 0 aliphatic rings. The fourth-order valence-electron chi connectivity index (χ4n) is 2.29. The van der Waals surface area contributed by atoms with E-state index in [0.29, 0.717) is 6.42 Å². The minimum Gasteiger partial charge on any atom is -0.325 e. The second-order valence-corrected chi connectivity index (χ2v) is 6.05. The predicted octanol–water partition coefficient (Wildman–Crippen LogP) is 4.63. The zero-order chi connectivity index (χ0) is 14.7. The number of anilines is 1. The van der Waals surface area contributed by atoms with Gasteiger partial charge in [-0.25, -0.2) is 0 Å². The molecule has 1 N–H and O–H groups in total. The molecule has 0 saturated heterocycles. The quantitative estimate of drug-likeness (QED) is 0.653. The van der Waals surface area contributed by atoms with Gasteiger partial charge in [0.05, 0.1) is 12.1 Å². The summed E-state index contributed by atoms with van der Waals surface area (Å²) in [5.74, 6) is 0.00870. The average molecular weight is 387 g/mol. The number of fused-ring (bicyclic) bond motifs is 1. The number of rotatable bonds is 3. The molecule has 0 heterocycles. The fourth-order valence-corrected chi connectivity index (χ4v) is 2.81. The van der Waals surface area contributed by atoms with Crippen molar-refractivity contribution in [3.63, 3.8) is 0 Å². The fraction of sp³-hybridized carbons (Fsp3) is 0.0556. The summed E-state index contributed by atoms with van der Waals surface area (Å²) in [6.45, 7) is 0. The molecule has 0 radical (unpaired) electrons. The number of benzene rings is 3. The van der Waals surface area contributed by atoms with Crippen LogP contribution in [0.1, 0.15) is 5.56 Å². The molecule has 0 saturated carbocycles. The Kier molecular flexibility index (Phi) is 4.20. The molecule has 0 spiro atoms. The number of hydrogen-bond acceptors (Lipinski definition) is 1. The van der Waals surface area contributed by atoms with E-state index in [1.165, 1.54) is 5.39 Å². The first-order chi connectivity index (χ1) is 10.2. The van der Waals surface area contributed by atoms with E-state index in [1.54, 1.807) is 0 Å². The molecule has 0 bridgehead atoms. The van der Waals surface area contributed by atoms with Gasteiger partial charge in [-0.3, -0.25) is 4.79 Å². The molecule has 3 heteroatoms. The molecule has 0 aliphatic heterocycles. The summed E-state index contributed by atoms with van der Waals surface area (Å²) in [6.07, 6.45) is 0.385. The highest BCUT2D eigenvalue weighted by atomic mass is 127. The summed E-state index contributed by atoms with van der Waals surface area (Å²) in [5.41, 5.74) is 1.89. The van der Waals surface area contributed by atoms with Gasteiger partial charge in [0.15, 0.2) is 0 Å². The van der Waals surface area contributed by atoms with Crippen molar-refractivity contribution in [3.8, 4) is 0 Å². The molecule has 2 nitrogen and oxygen atoms in total. The van der Waals surface area contributed by atoms with Crippen LogP contribution >= 0.6 is 22.6 Å². The van der Waals surface area contributed by atoms with Crippen LogP contribution in [0.15, 0.2) is 66.7 Å². The van der Waals surface area contributed by atoms with Crippen molar-refractivity contribution in [2.75, 3.05) is 5.32 Å². The van der Waals surface area contributed by atoms with Gasteiger partial charge in [-0.05, 0) is 51.1 Å². The zero-order valence-electron chi connectivity index (χ0n) is 11.3. The number of halogens is 1. The van der Waals surface area contributed by atoms with Crippen molar-refractivity contribution in [2.24, 2.45) is 0 Å². The molecule has 104 valence electrons. The lowest BCUT2D eigenvalue weighted by molar-refractivity contribution is -0.115. The summed E-state index contributed by atoms with van der Waals surface area (Å²) in [4.78, 5) is 12.2. The molecule has 0 fully saturated rings. The summed E-state index contributed by atoms with van der Waals surface area (Å²) in [7, 11) is 0. The Bertz CT molecular complexity index is 798. The lowest BCUT2D eigenvalue weighted by Crippen LogP contribution is -2.15. The minimum atomic E-state index is 0.00870. The molecular formula is C18H14INO. The van der Waals surface area contributed by atoms with Crippen LogP contribution in [0.4, 0.5) is 5.69 Å². The molecule has 1 amide bonds. The standard InChI is InChI=1S/C18H14INO/c19-16-7-3-4-8-17(16)20-18(21)12-13-9-10-14-5-1-2-6-15(14)11-13/h1-11H,12H2,(H,20,21). The van der Waals surface area contributed by atoms with Gasteiger partial charge in [-0.2, -0.15) is 0 Å². The summed E-state index contributed by atoms with van der Waals surface area (Å²) >= 11 is 2.22. The monoisotopic (exact) mass is 387 g/mol. The SMILES string of the molecule is O=C(Cc1ccc2ccccc2c1)Nc1ccccc1I. The van der Waals surface area contributed by atoms with Gasteiger partial charge in [-0.15, -0.1) is 0 Å². The highest BCUT2D eigenvalue weighted by molar-refractivity contribution is 14.1. The smallest absolute Gasteiger partial charge is 0.228 e. The predicted molar refractivity (Wildman–Crippen MR) is 95.4 cm³/mol. The Balaban J connectivity index is 1.75. The third-order valence-electron chi connectivity index (χ3n) is 3.33. The second-order valence-electron chi connectivity index (χ2n) is 4.89. The van der Waals surface area contributed by atoms with E-state index in [9.17, 15) is 4.79 Å². The normalized spacial score (nSPS) is 10.5. The first kappa shape index (κ1) is 14.1. The van der Waals surface area contributed by atoms with Crippen molar-refractivity contribution >= 4 is 45.0 Å². The Morgan fingerprint density at radius 3 is 2.43 bits per heavy atom. The van der Waals surface area contributed by atoms with Crippen molar-refractivity contribution in [2.45, 2.75) is 6.42 Å². The summed E-state index contributed by atoms with van der Waals surface area (Å²) in [6, 6.07) is 22.1. The van der Waals surface area contributed by atoms with Crippen LogP contribution in [0.3, 0.4) is 0 Å². The Morgan fingerprint density at radius 2 is 1.62 bits per heavy atom. The largest absolute Gasteiger partial charge is 0.325 e. The second kappa shape index (κ2) is 6.26. The van der Waals surface area contributed by atoms with Gasteiger partial charge in [0.2, 0.25) is 5.91 Å². The molecule has 0 atom stereocenters. The molecule has 0 aliphatic carbocycles. The number of nitrogens with one attached hydrogen (secondary N) is 1. The van der Waals surface area contributed by atoms with Crippen LogP contribution in [0, 0.1) is 3.57 Å². The van der Waals surface area contributed by atoms with E-state index in [1.807, 2.05) is 42.5 Å².